The molecule has 69 valence electrons. The molecule has 0 bridgehead atoms. The summed E-state index contributed by atoms with van der Waals surface area (Å²) in [5.41, 5.74) is 1.88. The number of halogens is 1. The second-order valence-electron chi connectivity index (χ2n) is 3.44. The summed E-state index contributed by atoms with van der Waals surface area (Å²) in [6, 6.07) is 5.17. The first-order valence-electron chi connectivity index (χ1n) is 4.36. The van der Waals surface area contributed by atoms with Crippen LogP contribution >= 0.6 is 0 Å². The fourth-order valence-electron chi connectivity index (χ4n) is 1.48. The normalized spacial score (nSPS) is 14.6. The van der Waals surface area contributed by atoms with Gasteiger partial charge in [-0.1, -0.05) is 0 Å². The van der Waals surface area contributed by atoms with E-state index >= 15 is 0 Å². The van der Waals surface area contributed by atoms with E-state index in [2.05, 4.69) is 24.1 Å². The van der Waals surface area contributed by atoms with Gasteiger partial charge in [-0.3, -0.25) is 0 Å². The first-order valence-corrected chi connectivity index (χ1v) is 4.36. The van der Waals surface area contributed by atoms with Crippen molar-refractivity contribution in [3.05, 3.63) is 30.7 Å². The molecule has 1 aliphatic rings. The Balaban J connectivity index is 2.38. The summed E-state index contributed by atoms with van der Waals surface area (Å²) in [6.45, 7) is 6.06. The van der Waals surface area contributed by atoms with Gasteiger partial charge in [0.05, 0.1) is 11.4 Å². The lowest BCUT2D eigenvalue weighted by atomic mass is 10.2. The zero-order chi connectivity index (χ0) is 9.42. The molecule has 0 aliphatic carbocycles. The number of hydrogen-bond donors (Lipinski definition) is 1. The average Bonchev–Trinajstić information content (AvgIpc) is 2.46. The third kappa shape index (κ3) is 1.34. The highest BCUT2D eigenvalue weighted by atomic mass is 19.1. The van der Waals surface area contributed by atoms with Crippen LogP contribution in [0.3, 0.4) is 0 Å². The van der Waals surface area contributed by atoms with Gasteiger partial charge < -0.3 is 10.2 Å². The fourth-order valence-corrected chi connectivity index (χ4v) is 1.48. The second-order valence-corrected chi connectivity index (χ2v) is 3.44. The van der Waals surface area contributed by atoms with Crippen LogP contribution < -0.4 is 10.2 Å². The Labute approximate surface area is 77.4 Å². The molecule has 13 heavy (non-hydrogen) atoms. The monoisotopic (exact) mass is 179 g/mol. The number of nitrogens with zero attached hydrogens (tertiary/aromatic N) is 1. The van der Waals surface area contributed by atoms with E-state index < -0.39 is 0 Å². The molecule has 1 aromatic rings. The summed E-state index contributed by atoms with van der Waals surface area (Å²) in [5.74, 6) is -0.203. The Kier molecular flexibility index (Phi) is 1.87. The molecule has 2 rings (SSSR count). The molecular weight excluding hydrogens is 167 g/mol. The lowest BCUT2D eigenvalue weighted by Crippen LogP contribution is -2.25. The van der Waals surface area contributed by atoms with Gasteiger partial charge in [-0.05, 0) is 32.0 Å². The molecule has 0 unspecified atom stereocenters. The van der Waals surface area contributed by atoms with E-state index in [9.17, 15) is 4.39 Å². The van der Waals surface area contributed by atoms with Gasteiger partial charge >= 0.3 is 0 Å². The number of benzene rings is 1. The SMILES string of the molecule is CC(C)N1[CH]Nc2cc(F)ccc21. The Bertz CT molecular complexity index is 323. The summed E-state index contributed by atoms with van der Waals surface area (Å²) >= 11 is 0. The minimum absolute atomic E-state index is 0.203. The van der Waals surface area contributed by atoms with Crippen LogP contribution in [0.25, 0.3) is 0 Å². The van der Waals surface area contributed by atoms with Crippen LogP contribution in [0.1, 0.15) is 13.8 Å². The summed E-state index contributed by atoms with van der Waals surface area (Å²) in [6.07, 6.45) is 0. The molecular formula is C10H12FN2. The van der Waals surface area contributed by atoms with Crippen molar-refractivity contribution in [2.24, 2.45) is 0 Å². The van der Waals surface area contributed by atoms with Gasteiger partial charge in [0.1, 0.15) is 12.5 Å². The summed E-state index contributed by atoms with van der Waals surface area (Å²) in [5, 5.41) is 3.03. The third-order valence-corrected chi connectivity index (χ3v) is 2.15. The summed E-state index contributed by atoms with van der Waals surface area (Å²) in [4.78, 5) is 2.08. The second kappa shape index (κ2) is 2.91. The lowest BCUT2D eigenvalue weighted by molar-refractivity contribution is 0.628. The van der Waals surface area contributed by atoms with Crippen molar-refractivity contribution in [3.8, 4) is 0 Å². The average molecular weight is 179 g/mol. The minimum Gasteiger partial charge on any atom is -0.360 e. The highest BCUT2D eigenvalue weighted by Crippen LogP contribution is 2.34. The summed E-state index contributed by atoms with van der Waals surface area (Å²) < 4.78 is 12.8. The maximum Gasteiger partial charge on any atom is 0.139 e. The molecule has 1 aliphatic heterocycles. The molecule has 0 spiro atoms. The molecule has 1 radical (unpaired) electrons. The molecule has 0 fully saturated rings. The van der Waals surface area contributed by atoms with Crippen LogP contribution in [0, 0.1) is 12.5 Å². The molecule has 0 aromatic heterocycles. The van der Waals surface area contributed by atoms with Crippen molar-refractivity contribution in [2.45, 2.75) is 19.9 Å². The van der Waals surface area contributed by atoms with E-state index in [0.717, 1.165) is 11.4 Å². The highest BCUT2D eigenvalue weighted by Gasteiger charge is 2.21. The van der Waals surface area contributed by atoms with E-state index in [-0.39, 0.29) is 5.82 Å². The van der Waals surface area contributed by atoms with E-state index in [1.807, 2.05) is 6.67 Å². The van der Waals surface area contributed by atoms with E-state index in [0.29, 0.717) is 6.04 Å². The molecule has 1 aromatic carbocycles. The molecule has 2 nitrogen and oxygen atoms in total. The van der Waals surface area contributed by atoms with Gasteiger partial charge in [-0.25, -0.2) is 4.39 Å². The molecule has 0 saturated heterocycles. The standard InChI is InChI=1S/C10H12FN2/c1-7(2)13-6-12-9-5-8(11)3-4-10(9)13/h3-7,12H,1-2H3. The van der Waals surface area contributed by atoms with Crippen molar-refractivity contribution < 1.29 is 4.39 Å². The topological polar surface area (TPSA) is 15.3 Å². The van der Waals surface area contributed by atoms with Gasteiger partial charge in [0, 0.05) is 6.04 Å². The summed E-state index contributed by atoms with van der Waals surface area (Å²) in [7, 11) is 0. The van der Waals surface area contributed by atoms with E-state index in [4.69, 9.17) is 0 Å². The van der Waals surface area contributed by atoms with Crippen molar-refractivity contribution >= 4 is 11.4 Å². The molecule has 3 heteroatoms. The van der Waals surface area contributed by atoms with Gasteiger partial charge in [-0.15, -0.1) is 0 Å². The van der Waals surface area contributed by atoms with Crippen LogP contribution in [0.4, 0.5) is 15.8 Å². The predicted octanol–water partition coefficient (Wildman–Crippen LogP) is 2.59. The number of nitrogens with one attached hydrogen (secondary N) is 1. The van der Waals surface area contributed by atoms with Crippen molar-refractivity contribution in [1.29, 1.82) is 0 Å². The minimum atomic E-state index is -0.203. The Morgan fingerprint density at radius 3 is 2.85 bits per heavy atom. The number of hydrogen-bond acceptors (Lipinski definition) is 2. The molecule has 0 saturated carbocycles. The highest BCUT2D eigenvalue weighted by molar-refractivity contribution is 5.77. The van der Waals surface area contributed by atoms with Gasteiger partial charge in [0.25, 0.3) is 0 Å². The fraction of sp³-hybridized carbons (Fsp3) is 0.300. The number of anilines is 2. The zero-order valence-corrected chi connectivity index (χ0v) is 7.71. The van der Waals surface area contributed by atoms with Crippen LogP contribution in [0.15, 0.2) is 18.2 Å². The van der Waals surface area contributed by atoms with E-state index in [1.54, 1.807) is 6.07 Å². The van der Waals surface area contributed by atoms with Crippen LogP contribution in [0.2, 0.25) is 0 Å². The Morgan fingerprint density at radius 2 is 2.15 bits per heavy atom. The van der Waals surface area contributed by atoms with E-state index in [1.165, 1.54) is 12.1 Å². The first kappa shape index (κ1) is 8.35. The molecule has 0 amide bonds. The third-order valence-electron chi connectivity index (χ3n) is 2.15. The molecule has 1 N–H and O–H groups in total. The van der Waals surface area contributed by atoms with Gasteiger partial charge in [0.15, 0.2) is 0 Å². The number of rotatable bonds is 1. The molecule has 1 heterocycles. The zero-order valence-electron chi connectivity index (χ0n) is 7.71. The van der Waals surface area contributed by atoms with Crippen molar-refractivity contribution in [2.75, 3.05) is 10.2 Å². The predicted molar refractivity (Wildman–Crippen MR) is 51.9 cm³/mol. The maximum atomic E-state index is 12.8. The van der Waals surface area contributed by atoms with Gasteiger partial charge in [0.2, 0.25) is 0 Å². The Hall–Kier alpha value is -1.25. The quantitative estimate of drug-likeness (QED) is 0.712. The van der Waals surface area contributed by atoms with Crippen LogP contribution in [0.5, 0.6) is 0 Å². The van der Waals surface area contributed by atoms with Crippen LogP contribution in [-0.2, 0) is 0 Å². The van der Waals surface area contributed by atoms with Crippen LogP contribution in [-0.4, -0.2) is 6.04 Å². The lowest BCUT2D eigenvalue weighted by Gasteiger charge is -2.21. The molecule has 0 atom stereocenters. The maximum absolute atomic E-state index is 12.8. The number of fused-ring (bicyclic) bond motifs is 1. The van der Waals surface area contributed by atoms with Crippen molar-refractivity contribution in [1.82, 2.24) is 0 Å². The van der Waals surface area contributed by atoms with Crippen molar-refractivity contribution in [3.63, 3.8) is 0 Å². The Morgan fingerprint density at radius 1 is 1.38 bits per heavy atom. The smallest absolute Gasteiger partial charge is 0.139 e. The first-order chi connectivity index (χ1) is 6.18. The largest absolute Gasteiger partial charge is 0.360 e. The van der Waals surface area contributed by atoms with Gasteiger partial charge in [-0.2, -0.15) is 0 Å².